The van der Waals surface area contributed by atoms with Crippen molar-refractivity contribution in [3.63, 3.8) is 0 Å². The summed E-state index contributed by atoms with van der Waals surface area (Å²) in [5, 5.41) is 10.7. The number of likely N-dealkylation sites (N-methyl/N-ethyl adjacent to an activating group) is 1. The van der Waals surface area contributed by atoms with Gasteiger partial charge in [0, 0.05) is 48.1 Å². The third kappa shape index (κ3) is 4.35. The summed E-state index contributed by atoms with van der Waals surface area (Å²) in [4.78, 5) is 17.8. The van der Waals surface area contributed by atoms with Crippen LogP contribution in [0.3, 0.4) is 0 Å². The number of carbonyl (C=O) groups excluding carboxylic acids is 1. The predicted octanol–water partition coefficient (Wildman–Crippen LogP) is 4.43. The average molecular weight is 424 g/mol. The lowest BCUT2D eigenvalue weighted by Gasteiger charge is -2.35. The van der Waals surface area contributed by atoms with Gasteiger partial charge in [0.05, 0.1) is 17.5 Å². The predicted molar refractivity (Wildman–Crippen MR) is 122 cm³/mol. The molecule has 0 spiro atoms. The number of aromatic nitrogens is 2. The van der Waals surface area contributed by atoms with Gasteiger partial charge < -0.3 is 15.1 Å². The van der Waals surface area contributed by atoms with Crippen LogP contribution in [0.2, 0.25) is 5.02 Å². The number of rotatable bonds is 5. The van der Waals surface area contributed by atoms with Gasteiger partial charge in [-0.2, -0.15) is 5.10 Å². The molecule has 1 saturated heterocycles. The summed E-state index contributed by atoms with van der Waals surface area (Å²) >= 11 is 5.97. The van der Waals surface area contributed by atoms with Crippen LogP contribution >= 0.6 is 11.6 Å². The lowest BCUT2D eigenvalue weighted by atomic mass is 10.1. The fourth-order valence-corrected chi connectivity index (χ4v) is 3.92. The fraction of sp³-hybridized carbons (Fsp3) is 0.304. The van der Waals surface area contributed by atoms with Gasteiger partial charge in [-0.3, -0.25) is 9.89 Å². The van der Waals surface area contributed by atoms with E-state index in [-0.39, 0.29) is 5.91 Å². The van der Waals surface area contributed by atoms with Gasteiger partial charge in [-0.25, -0.2) is 0 Å². The number of aryl methyl sites for hydroxylation is 1. The molecule has 0 unspecified atom stereocenters. The second kappa shape index (κ2) is 8.90. The molecule has 1 aromatic heterocycles. The highest BCUT2D eigenvalue weighted by atomic mass is 35.5. The SMILES string of the molecule is CCN1CCN(c2ccc(NC(=O)c3cn[nH]c3-c3ccc(Cl)cc3)c(C)c2)CC1. The fourth-order valence-electron chi connectivity index (χ4n) is 3.79. The number of anilines is 2. The standard InChI is InChI=1S/C23H26ClN5O/c1-3-28-10-12-29(13-11-28)19-8-9-21(16(2)14-19)26-23(30)20-15-25-27-22(20)17-4-6-18(24)7-5-17/h4-9,14-15H,3,10-13H2,1-2H3,(H,25,27)(H,26,30). The average Bonchev–Trinajstić information content (AvgIpc) is 3.26. The minimum Gasteiger partial charge on any atom is -0.369 e. The second-order valence-corrected chi connectivity index (χ2v) is 7.98. The van der Waals surface area contributed by atoms with Gasteiger partial charge in [0.1, 0.15) is 0 Å². The Morgan fingerprint density at radius 1 is 1.13 bits per heavy atom. The zero-order chi connectivity index (χ0) is 21.1. The molecule has 6 nitrogen and oxygen atoms in total. The molecule has 1 amide bonds. The first-order valence-corrected chi connectivity index (χ1v) is 10.6. The summed E-state index contributed by atoms with van der Waals surface area (Å²) in [6.07, 6.45) is 1.55. The molecule has 1 fully saturated rings. The lowest BCUT2D eigenvalue weighted by Crippen LogP contribution is -2.46. The number of halogens is 1. The molecule has 4 rings (SSSR count). The molecule has 2 heterocycles. The Kier molecular flexibility index (Phi) is 6.06. The summed E-state index contributed by atoms with van der Waals surface area (Å²) in [6, 6.07) is 13.5. The van der Waals surface area contributed by atoms with E-state index in [0.717, 1.165) is 49.5 Å². The van der Waals surface area contributed by atoms with Crippen molar-refractivity contribution < 1.29 is 4.79 Å². The molecule has 2 aromatic carbocycles. The minimum absolute atomic E-state index is 0.193. The topological polar surface area (TPSA) is 64.3 Å². The highest BCUT2D eigenvalue weighted by Crippen LogP contribution is 2.26. The normalized spacial score (nSPS) is 14.7. The van der Waals surface area contributed by atoms with Crippen molar-refractivity contribution in [2.24, 2.45) is 0 Å². The van der Waals surface area contributed by atoms with Gasteiger partial charge in [-0.1, -0.05) is 30.7 Å². The lowest BCUT2D eigenvalue weighted by molar-refractivity contribution is 0.102. The van der Waals surface area contributed by atoms with Crippen LogP contribution in [0.25, 0.3) is 11.3 Å². The van der Waals surface area contributed by atoms with E-state index in [2.05, 4.69) is 44.4 Å². The number of amides is 1. The molecule has 1 aliphatic heterocycles. The van der Waals surface area contributed by atoms with Crippen molar-refractivity contribution in [1.82, 2.24) is 15.1 Å². The number of H-pyrrole nitrogens is 1. The van der Waals surface area contributed by atoms with E-state index in [1.807, 2.05) is 25.1 Å². The van der Waals surface area contributed by atoms with Crippen molar-refractivity contribution in [2.75, 3.05) is 42.9 Å². The zero-order valence-corrected chi connectivity index (χ0v) is 18.0. The van der Waals surface area contributed by atoms with E-state index in [1.165, 1.54) is 5.69 Å². The van der Waals surface area contributed by atoms with Gasteiger partial charge in [0.2, 0.25) is 0 Å². The Morgan fingerprint density at radius 2 is 1.87 bits per heavy atom. The molecule has 3 aromatic rings. The highest BCUT2D eigenvalue weighted by Gasteiger charge is 2.18. The van der Waals surface area contributed by atoms with Crippen LogP contribution in [0.15, 0.2) is 48.7 Å². The molecular formula is C23H26ClN5O. The summed E-state index contributed by atoms with van der Waals surface area (Å²) in [6.45, 7) is 9.55. The van der Waals surface area contributed by atoms with Gasteiger partial charge in [-0.05, 0) is 49.4 Å². The Balaban J connectivity index is 1.48. The van der Waals surface area contributed by atoms with Gasteiger partial charge in [0.15, 0.2) is 0 Å². The molecule has 0 radical (unpaired) electrons. The van der Waals surface area contributed by atoms with Crippen LogP contribution in [0.1, 0.15) is 22.8 Å². The highest BCUT2D eigenvalue weighted by molar-refractivity contribution is 6.30. The number of piperazine rings is 1. The Hall–Kier alpha value is -2.83. The van der Waals surface area contributed by atoms with E-state index in [4.69, 9.17) is 11.6 Å². The molecule has 0 atom stereocenters. The first kappa shape index (κ1) is 20.4. The maximum absolute atomic E-state index is 12.9. The van der Waals surface area contributed by atoms with E-state index in [1.54, 1.807) is 18.3 Å². The van der Waals surface area contributed by atoms with Crippen molar-refractivity contribution in [2.45, 2.75) is 13.8 Å². The van der Waals surface area contributed by atoms with E-state index >= 15 is 0 Å². The number of carbonyl (C=O) groups is 1. The van der Waals surface area contributed by atoms with Crippen LogP contribution in [0.4, 0.5) is 11.4 Å². The number of hydrogen-bond acceptors (Lipinski definition) is 4. The van der Waals surface area contributed by atoms with E-state index in [9.17, 15) is 4.79 Å². The molecule has 2 N–H and O–H groups in total. The number of hydrogen-bond donors (Lipinski definition) is 2. The number of nitrogens with zero attached hydrogens (tertiary/aromatic N) is 3. The van der Waals surface area contributed by atoms with Crippen LogP contribution in [-0.4, -0.2) is 53.7 Å². The third-order valence-corrected chi connectivity index (χ3v) is 5.91. The Labute approximate surface area is 181 Å². The molecule has 7 heteroatoms. The van der Waals surface area contributed by atoms with Gasteiger partial charge in [0.25, 0.3) is 5.91 Å². The summed E-state index contributed by atoms with van der Waals surface area (Å²) in [5.74, 6) is -0.193. The number of nitrogens with one attached hydrogen (secondary N) is 2. The molecule has 30 heavy (non-hydrogen) atoms. The van der Waals surface area contributed by atoms with Crippen LogP contribution in [0, 0.1) is 6.92 Å². The maximum Gasteiger partial charge on any atom is 0.259 e. The molecule has 1 aliphatic rings. The Bertz CT molecular complexity index is 1020. The minimum atomic E-state index is -0.193. The molecular weight excluding hydrogens is 398 g/mol. The largest absolute Gasteiger partial charge is 0.369 e. The Morgan fingerprint density at radius 3 is 2.53 bits per heavy atom. The first-order valence-electron chi connectivity index (χ1n) is 10.2. The smallest absolute Gasteiger partial charge is 0.259 e. The van der Waals surface area contributed by atoms with Crippen molar-refractivity contribution in [3.05, 3.63) is 64.8 Å². The second-order valence-electron chi connectivity index (χ2n) is 7.54. The van der Waals surface area contributed by atoms with Gasteiger partial charge >= 0.3 is 0 Å². The van der Waals surface area contributed by atoms with Crippen molar-refractivity contribution in [1.29, 1.82) is 0 Å². The third-order valence-electron chi connectivity index (χ3n) is 5.66. The van der Waals surface area contributed by atoms with Crippen molar-refractivity contribution in [3.8, 4) is 11.3 Å². The van der Waals surface area contributed by atoms with Gasteiger partial charge in [-0.15, -0.1) is 0 Å². The quantitative estimate of drug-likeness (QED) is 0.637. The monoisotopic (exact) mass is 423 g/mol. The molecule has 156 valence electrons. The maximum atomic E-state index is 12.9. The number of aromatic amines is 1. The number of benzene rings is 2. The summed E-state index contributed by atoms with van der Waals surface area (Å²) < 4.78 is 0. The van der Waals surface area contributed by atoms with Crippen LogP contribution in [0.5, 0.6) is 0 Å². The first-order chi connectivity index (χ1) is 14.5. The molecule has 0 bridgehead atoms. The summed E-state index contributed by atoms with van der Waals surface area (Å²) in [7, 11) is 0. The van der Waals surface area contributed by atoms with Crippen molar-refractivity contribution >= 4 is 28.9 Å². The van der Waals surface area contributed by atoms with Crippen LogP contribution < -0.4 is 10.2 Å². The molecule has 0 saturated carbocycles. The van der Waals surface area contributed by atoms with Crippen LogP contribution in [-0.2, 0) is 0 Å². The molecule has 0 aliphatic carbocycles. The summed E-state index contributed by atoms with van der Waals surface area (Å²) in [5.41, 5.74) is 5.07. The zero-order valence-electron chi connectivity index (χ0n) is 17.3. The van der Waals surface area contributed by atoms with E-state index < -0.39 is 0 Å². The van der Waals surface area contributed by atoms with E-state index in [0.29, 0.717) is 16.3 Å².